The van der Waals surface area contributed by atoms with Crippen LogP contribution in [0.2, 0.25) is 0 Å². The van der Waals surface area contributed by atoms with E-state index in [2.05, 4.69) is 35.1 Å². The maximum Gasteiger partial charge on any atom is 0.407 e. The molecule has 0 radical (unpaired) electrons. The second-order valence-corrected chi connectivity index (χ2v) is 14.2. The van der Waals surface area contributed by atoms with Gasteiger partial charge in [-0.05, 0) is 73.6 Å². The second kappa shape index (κ2) is 25.4. The van der Waals surface area contributed by atoms with Gasteiger partial charge >= 0.3 is 12.2 Å². The van der Waals surface area contributed by atoms with Gasteiger partial charge in [0.05, 0.1) is 0 Å². The van der Waals surface area contributed by atoms with Crippen molar-refractivity contribution in [3.05, 3.63) is 0 Å². The summed E-state index contributed by atoms with van der Waals surface area (Å²) in [5.74, 6) is -1.22. The number of unbranched alkanes of at least 4 members (excludes halogenated alkanes) is 4. The summed E-state index contributed by atoms with van der Waals surface area (Å²) in [5, 5.41) is 11.0. The minimum absolute atomic E-state index is 0.00773. The van der Waals surface area contributed by atoms with Crippen molar-refractivity contribution in [2.24, 2.45) is 0 Å². The summed E-state index contributed by atoms with van der Waals surface area (Å²) in [4.78, 5) is 78.5. The molecule has 0 saturated heterocycles. The predicted molar refractivity (Wildman–Crippen MR) is 190 cm³/mol. The van der Waals surface area contributed by atoms with Crippen LogP contribution in [-0.2, 0) is 28.7 Å². The summed E-state index contributed by atoms with van der Waals surface area (Å²) in [7, 11) is 0. The molecule has 0 fully saturated rings. The lowest BCUT2D eigenvalue weighted by molar-refractivity contribution is -0.139. The van der Waals surface area contributed by atoms with Crippen molar-refractivity contribution in [3.63, 3.8) is 0 Å². The molecule has 14 nitrogen and oxygen atoms in total. The van der Waals surface area contributed by atoms with Gasteiger partial charge in [-0.15, -0.1) is 0 Å². The average molecular weight is 699 g/mol. The van der Waals surface area contributed by atoms with E-state index in [9.17, 15) is 28.8 Å². The Kier molecular flexibility index (Phi) is 23.5. The molecule has 0 rings (SSSR count). The molecule has 49 heavy (non-hydrogen) atoms. The molecule has 0 atom stereocenters. The van der Waals surface area contributed by atoms with Crippen molar-refractivity contribution in [3.8, 4) is 0 Å². The van der Waals surface area contributed by atoms with E-state index in [1.54, 1.807) is 46.4 Å². The number of amides is 6. The fourth-order valence-electron chi connectivity index (χ4n) is 4.51. The Hall–Kier alpha value is -3.58. The first-order chi connectivity index (χ1) is 23.0. The number of carbonyl (C=O) groups excluding carboxylic acids is 6. The van der Waals surface area contributed by atoms with E-state index in [0.29, 0.717) is 52.1 Å². The van der Waals surface area contributed by atoms with E-state index in [1.807, 2.05) is 0 Å². The Morgan fingerprint density at radius 3 is 1.22 bits per heavy atom. The molecular formula is C35H66N6O8. The van der Waals surface area contributed by atoms with Crippen molar-refractivity contribution in [1.29, 1.82) is 0 Å². The van der Waals surface area contributed by atoms with Crippen LogP contribution in [0, 0.1) is 0 Å². The summed E-state index contributed by atoms with van der Waals surface area (Å²) < 4.78 is 10.5. The van der Waals surface area contributed by atoms with E-state index >= 15 is 0 Å². The second-order valence-electron chi connectivity index (χ2n) is 14.2. The quantitative estimate of drug-likeness (QED) is 0.108. The van der Waals surface area contributed by atoms with E-state index in [-0.39, 0.29) is 56.0 Å². The lowest BCUT2D eigenvalue weighted by Gasteiger charge is -2.25. The first kappa shape index (κ1) is 45.4. The van der Waals surface area contributed by atoms with Crippen molar-refractivity contribution in [2.75, 3.05) is 52.4 Å². The van der Waals surface area contributed by atoms with E-state index in [1.165, 1.54) is 4.90 Å². The number of nitrogens with zero attached hydrogens (tertiary/aromatic N) is 2. The molecule has 0 unspecified atom stereocenters. The fourth-order valence-corrected chi connectivity index (χ4v) is 4.51. The Morgan fingerprint density at radius 1 is 0.490 bits per heavy atom. The number of hydrogen-bond donors (Lipinski definition) is 4. The lowest BCUT2D eigenvalue weighted by Crippen LogP contribution is -2.46. The summed E-state index contributed by atoms with van der Waals surface area (Å²) >= 11 is 0. The molecule has 0 heterocycles. The van der Waals surface area contributed by atoms with Crippen LogP contribution in [0.5, 0.6) is 0 Å². The van der Waals surface area contributed by atoms with Gasteiger partial charge in [0.1, 0.15) is 24.3 Å². The zero-order valence-electron chi connectivity index (χ0n) is 31.6. The molecule has 0 aliphatic carbocycles. The van der Waals surface area contributed by atoms with Crippen molar-refractivity contribution >= 4 is 35.8 Å². The van der Waals surface area contributed by atoms with Crippen molar-refractivity contribution < 1.29 is 38.2 Å². The highest BCUT2D eigenvalue weighted by atomic mass is 16.6. The molecule has 0 spiro atoms. The van der Waals surface area contributed by atoms with Gasteiger partial charge in [-0.3, -0.25) is 19.2 Å². The van der Waals surface area contributed by atoms with Gasteiger partial charge in [-0.1, -0.05) is 39.5 Å². The number of alkyl carbamates (subject to hydrolysis) is 2. The summed E-state index contributed by atoms with van der Waals surface area (Å²) in [6.45, 7) is 16.6. The molecule has 14 heteroatoms. The molecule has 284 valence electrons. The van der Waals surface area contributed by atoms with Gasteiger partial charge in [0, 0.05) is 52.1 Å². The van der Waals surface area contributed by atoms with Gasteiger partial charge in [0.25, 0.3) is 0 Å². The van der Waals surface area contributed by atoms with Crippen LogP contribution in [0.25, 0.3) is 0 Å². The molecule has 0 aromatic rings. The van der Waals surface area contributed by atoms with Crippen LogP contribution in [0.3, 0.4) is 0 Å². The van der Waals surface area contributed by atoms with Gasteiger partial charge in [-0.25, -0.2) is 9.59 Å². The van der Waals surface area contributed by atoms with Crippen LogP contribution in [0.15, 0.2) is 0 Å². The third kappa shape index (κ3) is 27.0. The fraction of sp³-hybridized carbons (Fsp3) is 0.829. The summed E-state index contributed by atoms with van der Waals surface area (Å²) in [5.41, 5.74) is -1.26. The SMILES string of the molecule is CCCCCNC(=O)CN(CC(=O)NCCCCC)C(=O)CCCC(=O)N(CCCNC(=O)OC(C)(C)C)CCCNC(=O)OC(C)(C)C. The molecule has 0 aromatic heterocycles. The third-order valence-corrected chi connectivity index (χ3v) is 6.91. The van der Waals surface area contributed by atoms with Crippen molar-refractivity contribution in [2.45, 2.75) is 137 Å². The molecule has 0 aliphatic rings. The Morgan fingerprint density at radius 2 is 0.857 bits per heavy atom. The Bertz CT molecular complexity index is 947. The minimum Gasteiger partial charge on any atom is -0.444 e. The van der Waals surface area contributed by atoms with Gasteiger partial charge in [-0.2, -0.15) is 0 Å². The predicted octanol–water partition coefficient (Wildman–Crippen LogP) is 4.26. The number of ether oxygens (including phenoxy) is 2. The lowest BCUT2D eigenvalue weighted by atomic mass is 10.2. The van der Waals surface area contributed by atoms with E-state index < -0.39 is 23.4 Å². The maximum atomic E-state index is 13.3. The molecule has 6 amide bonds. The topological polar surface area (TPSA) is 175 Å². The van der Waals surface area contributed by atoms with Gasteiger partial charge in [0.15, 0.2) is 0 Å². The summed E-state index contributed by atoms with van der Waals surface area (Å²) in [6, 6.07) is 0. The van der Waals surface area contributed by atoms with Crippen molar-refractivity contribution in [1.82, 2.24) is 31.1 Å². The molecule has 0 bridgehead atoms. The molecule has 0 aliphatic heterocycles. The van der Waals surface area contributed by atoms with E-state index in [4.69, 9.17) is 9.47 Å². The van der Waals surface area contributed by atoms with Crippen LogP contribution < -0.4 is 21.3 Å². The van der Waals surface area contributed by atoms with Crippen LogP contribution in [0.4, 0.5) is 9.59 Å². The van der Waals surface area contributed by atoms with Crippen LogP contribution in [0.1, 0.15) is 126 Å². The smallest absolute Gasteiger partial charge is 0.407 e. The highest BCUT2D eigenvalue weighted by molar-refractivity contribution is 5.89. The zero-order chi connectivity index (χ0) is 37.3. The Labute approximate surface area is 294 Å². The highest BCUT2D eigenvalue weighted by Crippen LogP contribution is 2.09. The normalized spacial score (nSPS) is 11.3. The number of carbonyl (C=O) groups is 6. The largest absolute Gasteiger partial charge is 0.444 e. The highest BCUT2D eigenvalue weighted by Gasteiger charge is 2.22. The number of rotatable bonds is 24. The van der Waals surface area contributed by atoms with Gasteiger partial charge in [0.2, 0.25) is 23.6 Å². The first-order valence-electron chi connectivity index (χ1n) is 18.0. The standard InChI is InChI=1S/C35H66N6O8/c1-9-11-13-20-36-28(42)26-41(27-29(43)37-21-14-12-10-2)31(45)19-15-18-30(44)40(24-16-22-38-32(46)48-34(3,4)5)25-17-23-39-33(47)49-35(6,7)8/h9-27H2,1-8H3,(H,36,42)(H,37,43)(H,38,46)(H,39,47). The molecule has 0 saturated carbocycles. The van der Waals surface area contributed by atoms with Gasteiger partial charge < -0.3 is 40.5 Å². The number of hydrogen-bond acceptors (Lipinski definition) is 8. The van der Waals surface area contributed by atoms with Crippen LogP contribution >= 0.6 is 0 Å². The number of nitrogens with one attached hydrogen (secondary N) is 4. The van der Waals surface area contributed by atoms with Crippen LogP contribution in [-0.4, -0.2) is 109 Å². The molecule has 4 N–H and O–H groups in total. The molecular weight excluding hydrogens is 632 g/mol. The average Bonchev–Trinajstić information content (AvgIpc) is 2.98. The monoisotopic (exact) mass is 698 g/mol. The third-order valence-electron chi connectivity index (χ3n) is 6.91. The summed E-state index contributed by atoms with van der Waals surface area (Å²) in [6.07, 6.45) is 5.81. The zero-order valence-corrected chi connectivity index (χ0v) is 31.6. The minimum atomic E-state index is -0.628. The Balaban J connectivity index is 5.23. The maximum absolute atomic E-state index is 13.3. The van der Waals surface area contributed by atoms with E-state index in [0.717, 1.165) is 38.5 Å². The molecule has 0 aromatic carbocycles. The first-order valence-corrected chi connectivity index (χ1v) is 18.0.